The standard InChI is InChI=1S/C10H8FN3O5S/c1-6-2-8(11)9(14(15)16)3-10(6)20(17,18)13-7-4-12-19-5-7/h2-5,13H,1H3. The highest BCUT2D eigenvalue weighted by Gasteiger charge is 2.24. The zero-order valence-electron chi connectivity index (χ0n) is 10.0. The van der Waals surface area contributed by atoms with Crippen LogP contribution in [-0.2, 0) is 10.0 Å². The second-order valence-electron chi connectivity index (χ2n) is 3.84. The van der Waals surface area contributed by atoms with Gasteiger partial charge in [-0.1, -0.05) is 5.16 Å². The largest absolute Gasteiger partial charge is 0.362 e. The van der Waals surface area contributed by atoms with Crippen LogP contribution in [0.5, 0.6) is 0 Å². The molecule has 0 amide bonds. The van der Waals surface area contributed by atoms with Crippen molar-refractivity contribution in [1.29, 1.82) is 0 Å². The van der Waals surface area contributed by atoms with E-state index in [2.05, 4.69) is 14.4 Å². The van der Waals surface area contributed by atoms with Crippen molar-refractivity contribution < 1.29 is 22.3 Å². The number of hydrogen-bond acceptors (Lipinski definition) is 6. The summed E-state index contributed by atoms with van der Waals surface area (Å²) in [5.41, 5.74) is -0.824. The van der Waals surface area contributed by atoms with Gasteiger partial charge in [-0.15, -0.1) is 0 Å². The van der Waals surface area contributed by atoms with Crippen LogP contribution in [-0.4, -0.2) is 18.5 Å². The monoisotopic (exact) mass is 301 g/mol. The summed E-state index contributed by atoms with van der Waals surface area (Å²) in [6.45, 7) is 1.33. The minimum absolute atomic E-state index is 0.0389. The summed E-state index contributed by atoms with van der Waals surface area (Å²) in [7, 11) is -4.11. The van der Waals surface area contributed by atoms with E-state index in [1.165, 1.54) is 6.92 Å². The van der Waals surface area contributed by atoms with Crippen LogP contribution in [0.25, 0.3) is 0 Å². The molecule has 1 heterocycles. The fourth-order valence-electron chi connectivity index (χ4n) is 1.54. The highest BCUT2D eigenvalue weighted by atomic mass is 32.2. The molecule has 0 aliphatic rings. The molecule has 20 heavy (non-hydrogen) atoms. The second-order valence-corrected chi connectivity index (χ2v) is 5.50. The summed E-state index contributed by atoms with van der Waals surface area (Å²) in [4.78, 5) is 9.27. The molecule has 0 bridgehead atoms. The summed E-state index contributed by atoms with van der Waals surface area (Å²) in [5, 5.41) is 14.0. The van der Waals surface area contributed by atoms with E-state index < -0.39 is 31.3 Å². The highest BCUT2D eigenvalue weighted by Crippen LogP contribution is 2.26. The molecule has 2 rings (SSSR count). The molecule has 8 nitrogen and oxygen atoms in total. The Morgan fingerprint density at radius 2 is 2.15 bits per heavy atom. The van der Waals surface area contributed by atoms with E-state index in [9.17, 15) is 22.9 Å². The lowest BCUT2D eigenvalue weighted by molar-refractivity contribution is -0.387. The van der Waals surface area contributed by atoms with E-state index in [4.69, 9.17) is 0 Å². The Balaban J connectivity index is 2.51. The Morgan fingerprint density at radius 3 is 2.70 bits per heavy atom. The number of sulfonamides is 1. The Kier molecular flexibility index (Phi) is 3.40. The topological polar surface area (TPSA) is 115 Å². The van der Waals surface area contributed by atoms with Gasteiger partial charge < -0.3 is 4.52 Å². The molecule has 10 heteroatoms. The van der Waals surface area contributed by atoms with E-state index >= 15 is 0 Å². The van der Waals surface area contributed by atoms with Crippen LogP contribution in [0.2, 0.25) is 0 Å². The molecule has 0 spiro atoms. The maximum atomic E-state index is 13.4. The van der Waals surface area contributed by atoms with Gasteiger partial charge in [0.1, 0.15) is 12.0 Å². The van der Waals surface area contributed by atoms with Gasteiger partial charge in [0.25, 0.3) is 10.0 Å². The summed E-state index contributed by atoms with van der Waals surface area (Å²) in [6, 6.07) is 1.46. The Bertz CT molecular complexity index is 757. The number of rotatable bonds is 4. The van der Waals surface area contributed by atoms with Crippen molar-refractivity contribution in [3.63, 3.8) is 0 Å². The molecule has 1 aromatic carbocycles. The molecular weight excluding hydrogens is 293 g/mol. The van der Waals surface area contributed by atoms with Gasteiger partial charge in [0.05, 0.1) is 16.0 Å². The van der Waals surface area contributed by atoms with Crippen LogP contribution in [0, 0.1) is 22.9 Å². The maximum Gasteiger partial charge on any atom is 0.306 e. The summed E-state index contributed by atoms with van der Waals surface area (Å²) in [5.74, 6) is -1.10. The lowest BCUT2D eigenvalue weighted by atomic mass is 10.2. The first-order chi connectivity index (χ1) is 9.31. The van der Waals surface area contributed by atoms with Crippen LogP contribution in [0.1, 0.15) is 5.56 Å². The van der Waals surface area contributed by atoms with Crippen molar-refractivity contribution in [3.05, 3.63) is 46.1 Å². The average Bonchev–Trinajstić information content (AvgIpc) is 2.79. The summed E-state index contributed by atoms with van der Waals surface area (Å²) >= 11 is 0. The molecule has 0 atom stereocenters. The van der Waals surface area contributed by atoms with Crippen LogP contribution in [0.3, 0.4) is 0 Å². The van der Waals surface area contributed by atoms with Crippen LogP contribution in [0.4, 0.5) is 15.8 Å². The lowest BCUT2D eigenvalue weighted by Gasteiger charge is -2.08. The number of hydrogen-bond donors (Lipinski definition) is 1. The predicted octanol–water partition coefficient (Wildman–Crippen LogP) is 1.83. The number of nitrogens with one attached hydrogen (secondary N) is 1. The van der Waals surface area contributed by atoms with Gasteiger partial charge in [-0.2, -0.15) is 4.39 Å². The van der Waals surface area contributed by atoms with Crippen molar-refractivity contribution in [1.82, 2.24) is 5.16 Å². The first kappa shape index (κ1) is 13.9. The Morgan fingerprint density at radius 1 is 1.45 bits per heavy atom. The first-order valence-corrected chi connectivity index (χ1v) is 6.66. The number of nitro benzene ring substituents is 1. The first-order valence-electron chi connectivity index (χ1n) is 5.18. The number of benzene rings is 1. The molecular formula is C10H8FN3O5S. The molecule has 106 valence electrons. The van der Waals surface area contributed by atoms with Crippen molar-refractivity contribution in [3.8, 4) is 0 Å². The number of aromatic nitrogens is 1. The maximum absolute atomic E-state index is 13.4. The van der Waals surface area contributed by atoms with Gasteiger partial charge >= 0.3 is 5.69 Å². The highest BCUT2D eigenvalue weighted by molar-refractivity contribution is 7.92. The van der Waals surface area contributed by atoms with Crippen LogP contribution >= 0.6 is 0 Å². The van der Waals surface area contributed by atoms with Gasteiger partial charge in [0, 0.05) is 6.07 Å². The minimum atomic E-state index is -4.11. The Hall–Kier alpha value is -2.49. The van der Waals surface area contributed by atoms with Crippen molar-refractivity contribution in [2.45, 2.75) is 11.8 Å². The molecule has 1 aromatic heterocycles. The smallest absolute Gasteiger partial charge is 0.306 e. The van der Waals surface area contributed by atoms with Gasteiger partial charge in [-0.3, -0.25) is 14.8 Å². The molecule has 0 saturated heterocycles. The normalized spacial score (nSPS) is 11.3. The molecule has 0 unspecified atom stereocenters. The zero-order valence-corrected chi connectivity index (χ0v) is 10.8. The molecule has 0 aliphatic heterocycles. The van der Waals surface area contributed by atoms with Gasteiger partial charge in [-0.25, -0.2) is 8.42 Å². The fraction of sp³-hybridized carbons (Fsp3) is 0.100. The number of halogens is 1. The summed E-state index contributed by atoms with van der Waals surface area (Å²) in [6.07, 6.45) is 2.16. The molecule has 0 fully saturated rings. The number of nitrogens with zero attached hydrogens (tertiary/aromatic N) is 2. The van der Waals surface area contributed by atoms with E-state index in [1.54, 1.807) is 0 Å². The van der Waals surface area contributed by atoms with Gasteiger partial charge in [-0.05, 0) is 18.6 Å². The molecule has 2 aromatic rings. The van der Waals surface area contributed by atoms with E-state index in [0.717, 1.165) is 18.5 Å². The van der Waals surface area contributed by atoms with Gasteiger partial charge in [0.2, 0.25) is 5.82 Å². The second kappa shape index (κ2) is 4.89. The Labute approximate surface area is 112 Å². The van der Waals surface area contributed by atoms with Crippen molar-refractivity contribution in [2.24, 2.45) is 0 Å². The van der Waals surface area contributed by atoms with Gasteiger partial charge in [0.15, 0.2) is 0 Å². The van der Waals surface area contributed by atoms with Crippen molar-refractivity contribution >= 4 is 21.4 Å². The third-order valence-corrected chi connectivity index (χ3v) is 3.94. The molecule has 1 N–H and O–H groups in total. The number of nitro groups is 1. The third-order valence-electron chi connectivity index (χ3n) is 2.42. The third kappa shape index (κ3) is 2.59. The molecule has 0 radical (unpaired) electrons. The van der Waals surface area contributed by atoms with Crippen molar-refractivity contribution in [2.75, 3.05) is 4.72 Å². The summed E-state index contributed by atoms with van der Waals surface area (Å²) < 4.78 is 44.1. The van der Waals surface area contributed by atoms with E-state index in [-0.39, 0.29) is 11.3 Å². The fourth-order valence-corrected chi connectivity index (χ4v) is 2.81. The average molecular weight is 301 g/mol. The van der Waals surface area contributed by atoms with Crippen LogP contribution < -0.4 is 4.72 Å². The number of anilines is 1. The molecule has 0 aliphatic carbocycles. The molecule has 0 saturated carbocycles. The number of aryl methyl sites for hydroxylation is 1. The SMILES string of the molecule is Cc1cc(F)c([N+](=O)[O-])cc1S(=O)(=O)Nc1cnoc1. The lowest BCUT2D eigenvalue weighted by Crippen LogP contribution is -2.14. The predicted molar refractivity (Wildman–Crippen MR) is 65.1 cm³/mol. The van der Waals surface area contributed by atoms with Crippen LogP contribution in [0.15, 0.2) is 34.0 Å². The zero-order chi connectivity index (χ0) is 14.9. The minimum Gasteiger partial charge on any atom is -0.362 e. The van der Waals surface area contributed by atoms with E-state index in [0.29, 0.717) is 6.07 Å². The quantitative estimate of drug-likeness (QED) is 0.680. The van der Waals surface area contributed by atoms with E-state index in [1.807, 2.05) is 0 Å².